The van der Waals surface area contributed by atoms with Crippen molar-refractivity contribution in [3.05, 3.63) is 28.8 Å². The number of hydrogen-bond acceptors (Lipinski definition) is 5. The van der Waals surface area contributed by atoms with Gasteiger partial charge in [-0.15, -0.1) is 0 Å². The molecule has 2 bridgehead atoms. The summed E-state index contributed by atoms with van der Waals surface area (Å²) in [4.78, 5) is 14.6. The lowest BCUT2D eigenvalue weighted by Gasteiger charge is -2.41. The molecule has 3 fully saturated rings. The maximum Gasteiger partial charge on any atom is 0.410 e. The summed E-state index contributed by atoms with van der Waals surface area (Å²) in [5.41, 5.74) is 0.00743. The van der Waals surface area contributed by atoms with Gasteiger partial charge in [-0.2, -0.15) is 5.26 Å². The molecule has 32 heavy (non-hydrogen) atoms. The monoisotopic (exact) mass is 460 g/mol. The molecular weight excluding hydrogens is 428 g/mol. The van der Waals surface area contributed by atoms with Gasteiger partial charge in [-0.25, -0.2) is 4.79 Å². The average molecular weight is 461 g/mol. The first-order valence-electron chi connectivity index (χ1n) is 11.7. The molecule has 2 saturated heterocycles. The first-order chi connectivity index (χ1) is 15.2. The van der Waals surface area contributed by atoms with Gasteiger partial charge in [-0.05, 0) is 90.3 Å². The fourth-order valence-electron chi connectivity index (χ4n) is 5.28. The number of nitriles is 1. The first kappa shape index (κ1) is 23.2. The predicted octanol–water partition coefficient (Wildman–Crippen LogP) is 5.85. The number of nitrogens with zero attached hydrogens (tertiary/aromatic N) is 2. The van der Waals surface area contributed by atoms with Gasteiger partial charge in [-0.3, -0.25) is 0 Å². The van der Waals surface area contributed by atoms with Gasteiger partial charge >= 0.3 is 6.09 Å². The molecule has 7 heteroatoms. The van der Waals surface area contributed by atoms with E-state index in [1.54, 1.807) is 18.2 Å². The van der Waals surface area contributed by atoms with E-state index in [2.05, 4.69) is 6.07 Å². The third-order valence-corrected chi connectivity index (χ3v) is 6.89. The molecule has 1 aliphatic carbocycles. The van der Waals surface area contributed by atoms with Crippen LogP contribution >= 0.6 is 11.6 Å². The van der Waals surface area contributed by atoms with Crippen molar-refractivity contribution in [2.24, 2.45) is 0 Å². The number of amides is 1. The summed E-state index contributed by atoms with van der Waals surface area (Å²) in [7, 11) is 0. The Kier molecular flexibility index (Phi) is 6.88. The Balaban J connectivity index is 1.25. The van der Waals surface area contributed by atoms with Gasteiger partial charge in [0.05, 0.1) is 23.9 Å². The molecule has 1 aromatic rings. The van der Waals surface area contributed by atoms with Gasteiger partial charge in [0.15, 0.2) is 0 Å². The minimum Gasteiger partial charge on any atom is -0.489 e. The molecular formula is C25H33ClN2O4. The molecule has 3 aliphatic rings. The number of ether oxygens (including phenoxy) is 3. The molecule has 0 unspecified atom stereocenters. The van der Waals surface area contributed by atoms with Crippen molar-refractivity contribution < 1.29 is 19.0 Å². The van der Waals surface area contributed by atoms with Crippen molar-refractivity contribution in [2.75, 3.05) is 0 Å². The van der Waals surface area contributed by atoms with E-state index < -0.39 is 5.60 Å². The van der Waals surface area contributed by atoms with E-state index in [-0.39, 0.29) is 36.5 Å². The first-order valence-corrected chi connectivity index (χ1v) is 12.1. The van der Waals surface area contributed by atoms with Gasteiger partial charge in [0.25, 0.3) is 0 Å². The van der Waals surface area contributed by atoms with Gasteiger partial charge in [0.1, 0.15) is 17.4 Å². The second-order valence-electron chi connectivity index (χ2n) is 10.3. The van der Waals surface area contributed by atoms with E-state index in [4.69, 9.17) is 25.8 Å². The second-order valence-corrected chi connectivity index (χ2v) is 10.7. The highest BCUT2D eigenvalue weighted by Crippen LogP contribution is 2.39. The molecule has 0 radical (unpaired) electrons. The summed E-state index contributed by atoms with van der Waals surface area (Å²) in [6, 6.07) is 7.78. The van der Waals surface area contributed by atoms with Crippen LogP contribution in [0.2, 0.25) is 5.02 Å². The number of carbonyl (C=O) groups is 1. The summed E-state index contributed by atoms with van der Waals surface area (Å²) in [5, 5.41) is 9.85. The van der Waals surface area contributed by atoms with Crippen LogP contribution in [0.3, 0.4) is 0 Å². The van der Waals surface area contributed by atoms with Crippen LogP contribution in [0.15, 0.2) is 18.2 Å². The number of piperidine rings is 1. The van der Waals surface area contributed by atoms with Crippen LogP contribution in [-0.4, -0.2) is 47.0 Å². The van der Waals surface area contributed by atoms with E-state index in [1.165, 1.54) is 0 Å². The largest absolute Gasteiger partial charge is 0.489 e. The molecule has 0 spiro atoms. The molecule has 2 heterocycles. The number of fused-ring (bicyclic) bond motifs is 2. The van der Waals surface area contributed by atoms with Crippen LogP contribution in [0.25, 0.3) is 0 Å². The average Bonchev–Trinajstić information content (AvgIpc) is 3.00. The van der Waals surface area contributed by atoms with Gasteiger partial charge in [0.2, 0.25) is 0 Å². The van der Waals surface area contributed by atoms with E-state index in [0.29, 0.717) is 16.3 Å². The minimum absolute atomic E-state index is 0.0910. The van der Waals surface area contributed by atoms with E-state index in [1.807, 2.05) is 25.7 Å². The van der Waals surface area contributed by atoms with Crippen molar-refractivity contribution >= 4 is 17.7 Å². The molecule has 1 aromatic carbocycles. The smallest absolute Gasteiger partial charge is 0.410 e. The van der Waals surface area contributed by atoms with Crippen molar-refractivity contribution in [1.29, 1.82) is 5.26 Å². The lowest BCUT2D eigenvalue weighted by molar-refractivity contribution is -0.0812. The molecule has 6 nitrogen and oxygen atoms in total. The number of rotatable bonds is 4. The number of hydrogen-bond donors (Lipinski definition) is 0. The Labute approximate surface area is 195 Å². The highest BCUT2D eigenvalue weighted by atomic mass is 35.5. The molecule has 4 rings (SSSR count). The van der Waals surface area contributed by atoms with Crippen molar-refractivity contribution in [2.45, 2.75) is 108 Å². The normalized spacial score (nSPS) is 30.0. The zero-order valence-electron chi connectivity index (χ0n) is 19.2. The summed E-state index contributed by atoms with van der Waals surface area (Å²) in [5.74, 6) is 0.604. The number of halogens is 1. The van der Waals surface area contributed by atoms with Gasteiger partial charge < -0.3 is 19.1 Å². The van der Waals surface area contributed by atoms with E-state index >= 15 is 0 Å². The molecule has 0 N–H and O–H groups in total. The zero-order chi connectivity index (χ0) is 22.9. The topological polar surface area (TPSA) is 71.8 Å². The highest BCUT2D eigenvalue weighted by molar-refractivity contribution is 6.30. The fourth-order valence-corrected chi connectivity index (χ4v) is 5.45. The minimum atomic E-state index is -0.468. The SMILES string of the molecule is CC(C)(C)OC(=O)N1[C@@H]2CC[C@H]1C[C@H](O[C@H]1CC[C@H](Oc3ccc(Cl)cc3C#N)CC1)C2. The maximum atomic E-state index is 12.6. The van der Waals surface area contributed by atoms with Crippen LogP contribution in [0, 0.1) is 11.3 Å². The lowest BCUT2D eigenvalue weighted by atomic mass is 9.93. The summed E-state index contributed by atoms with van der Waals surface area (Å²) < 4.78 is 18.2. The highest BCUT2D eigenvalue weighted by Gasteiger charge is 2.45. The summed E-state index contributed by atoms with van der Waals surface area (Å²) in [6.45, 7) is 5.74. The van der Waals surface area contributed by atoms with Crippen molar-refractivity contribution in [3.63, 3.8) is 0 Å². The van der Waals surface area contributed by atoms with Crippen molar-refractivity contribution in [3.8, 4) is 11.8 Å². The van der Waals surface area contributed by atoms with E-state index in [0.717, 1.165) is 51.4 Å². The number of benzene rings is 1. The van der Waals surface area contributed by atoms with E-state index in [9.17, 15) is 10.1 Å². The van der Waals surface area contributed by atoms with Gasteiger partial charge in [0, 0.05) is 17.1 Å². The van der Waals surface area contributed by atoms with Crippen LogP contribution in [0.5, 0.6) is 5.75 Å². The Morgan fingerprint density at radius 1 is 1.03 bits per heavy atom. The second kappa shape index (κ2) is 9.49. The molecule has 3 atom stereocenters. The third-order valence-electron chi connectivity index (χ3n) is 6.66. The molecule has 1 amide bonds. The molecule has 1 saturated carbocycles. The van der Waals surface area contributed by atoms with Crippen LogP contribution in [-0.2, 0) is 9.47 Å². The zero-order valence-corrected chi connectivity index (χ0v) is 19.9. The quantitative estimate of drug-likeness (QED) is 0.563. The van der Waals surface area contributed by atoms with Crippen LogP contribution in [0.1, 0.15) is 77.7 Å². The van der Waals surface area contributed by atoms with Crippen LogP contribution < -0.4 is 4.74 Å². The van der Waals surface area contributed by atoms with Crippen LogP contribution in [0.4, 0.5) is 4.79 Å². The molecule has 174 valence electrons. The summed E-state index contributed by atoms with van der Waals surface area (Å²) in [6.07, 6.45) is 7.90. The predicted molar refractivity (Wildman–Crippen MR) is 122 cm³/mol. The third kappa shape index (κ3) is 5.50. The Morgan fingerprint density at radius 3 is 2.25 bits per heavy atom. The Bertz CT molecular complexity index is 856. The molecule has 2 aliphatic heterocycles. The summed E-state index contributed by atoms with van der Waals surface area (Å²) >= 11 is 5.98. The lowest BCUT2D eigenvalue weighted by Crippen LogP contribution is -2.50. The number of carbonyl (C=O) groups excluding carboxylic acids is 1. The van der Waals surface area contributed by atoms with Gasteiger partial charge in [-0.1, -0.05) is 11.6 Å². The standard InChI is InChI=1S/C25H33ClN2O4/c1-25(2,3)32-24(29)28-18-5-6-19(28)14-22(13-18)30-20-7-9-21(10-8-20)31-23-11-4-17(26)12-16(23)15-27/h4,11-12,18-22H,5-10,13-14H2,1-3H3/t18-,19+,20-,21-,22-. The fraction of sp³-hybridized carbons (Fsp3) is 0.680. The Hall–Kier alpha value is -1.97. The molecule has 0 aromatic heterocycles. The van der Waals surface area contributed by atoms with Crippen molar-refractivity contribution in [1.82, 2.24) is 4.90 Å². The maximum absolute atomic E-state index is 12.6. The Morgan fingerprint density at radius 2 is 1.66 bits per heavy atom.